The summed E-state index contributed by atoms with van der Waals surface area (Å²) < 4.78 is 5.47. The van der Waals surface area contributed by atoms with Gasteiger partial charge in [-0.05, 0) is 12.3 Å². The third-order valence-corrected chi connectivity index (χ3v) is 3.71. The smallest absolute Gasteiger partial charge is 0.303 e. The van der Waals surface area contributed by atoms with Crippen LogP contribution in [-0.2, 0) is 14.3 Å². The van der Waals surface area contributed by atoms with E-state index in [1.54, 1.807) is 19.1 Å². The van der Waals surface area contributed by atoms with Gasteiger partial charge in [0, 0.05) is 20.6 Å². The molecule has 0 aromatic carbocycles. The van der Waals surface area contributed by atoms with Gasteiger partial charge in [0.2, 0.25) is 5.91 Å². The Labute approximate surface area is 115 Å². The zero-order valence-electron chi connectivity index (χ0n) is 12.7. The minimum atomic E-state index is -0.944. The summed E-state index contributed by atoms with van der Waals surface area (Å²) in [6.07, 6.45) is 1.66. The quantitative estimate of drug-likeness (QED) is 0.699. The predicted molar refractivity (Wildman–Crippen MR) is 74.0 cm³/mol. The lowest BCUT2D eigenvalue weighted by molar-refractivity contribution is -0.143. The van der Waals surface area contributed by atoms with Crippen LogP contribution < -0.4 is 0 Å². The minimum Gasteiger partial charge on any atom is -0.481 e. The van der Waals surface area contributed by atoms with Gasteiger partial charge in [0.05, 0.1) is 18.6 Å². The fraction of sp³-hybridized carbons (Fsp3) is 0.857. The monoisotopic (exact) mass is 273 g/mol. The number of ether oxygens (including phenoxy) is 1. The lowest BCUT2D eigenvalue weighted by atomic mass is 9.91. The molecule has 112 valence electrons. The highest BCUT2D eigenvalue weighted by atomic mass is 16.5. The van der Waals surface area contributed by atoms with Crippen LogP contribution in [0.15, 0.2) is 0 Å². The Bertz CT molecular complexity index is 289. The van der Waals surface area contributed by atoms with Gasteiger partial charge in [0.15, 0.2) is 0 Å². The van der Waals surface area contributed by atoms with E-state index in [-0.39, 0.29) is 30.9 Å². The minimum absolute atomic E-state index is 0.0127. The number of nitrogens with zero attached hydrogens (tertiary/aromatic N) is 1. The Kier molecular flexibility index (Phi) is 8.39. The van der Waals surface area contributed by atoms with E-state index in [1.807, 2.05) is 6.92 Å². The summed E-state index contributed by atoms with van der Waals surface area (Å²) in [6, 6.07) is -0.0127. The fourth-order valence-electron chi connectivity index (χ4n) is 2.34. The van der Waals surface area contributed by atoms with Crippen LogP contribution in [0, 0.1) is 5.92 Å². The van der Waals surface area contributed by atoms with Crippen LogP contribution in [0.3, 0.4) is 0 Å². The molecule has 0 rings (SSSR count). The van der Waals surface area contributed by atoms with Crippen molar-refractivity contribution >= 4 is 11.9 Å². The first kappa shape index (κ1) is 17.9. The van der Waals surface area contributed by atoms with Crippen molar-refractivity contribution in [3.8, 4) is 0 Å². The number of amides is 1. The van der Waals surface area contributed by atoms with Crippen LogP contribution in [0.25, 0.3) is 0 Å². The van der Waals surface area contributed by atoms with Crippen molar-refractivity contribution in [1.29, 1.82) is 0 Å². The summed E-state index contributed by atoms with van der Waals surface area (Å²) in [5.74, 6) is -0.771. The molecule has 5 heteroatoms. The van der Waals surface area contributed by atoms with Crippen molar-refractivity contribution in [3.05, 3.63) is 0 Å². The molecule has 0 radical (unpaired) electrons. The van der Waals surface area contributed by atoms with E-state index in [0.717, 1.165) is 12.8 Å². The number of hydrogen-bond acceptors (Lipinski definition) is 3. The molecule has 0 fully saturated rings. The molecule has 0 aliphatic rings. The van der Waals surface area contributed by atoms with E-state index in [2.05, 4.69) is 13.8 Å². The van der Waals surface area contributed by atoms with E-state index >= 15 is 0 Å². The number of carbonyl (C=O) groups is 2. The molecule has 0 saturated carbocycles. The summed E-state index contributed by atoms with van der Waals surface area (Å²) in [7, 11) is 3.39. The molecule has 0 aliphatic heterocycles. The average Bonchev–Trinajstić information content (AvgIpc) is 2.40. The molecule has 0 spiro atoms. The van der Waals surface area contributed by atoms with Crippen molar-refractivity contribution in [3.63, 3.8) is 0 Å². The Balaban J connectivity index is 4.83. The summed E-state index contributed by atoms with van der Waals surface area (Å²) in [5, 5.41) is 8.64. The number of likely N-dealkylation sites (N-methyl/N-ethyl adjacent to an activating group) is 1. The largest absolute Gasteiger partial charge is 0.481 e. The molecule has 0 saturated heterocycles. The van der Waals surface area contributed by atoms with Gasteiger partial charge in [-0.3, -0.25) is 9.59 Å². The zero-order valence-corrected chi connectivity index (χ0v) is 12.7. The average molecular weight is 273 g/mol. The van der Waals surface area contributed by atoms with Crippen molar-refractivity contribution in [2.24, 2.45) is 5.92 Å². The molecule has 3 unspecified atom stereocenters. The number of carboxylic acid groups (broad SMARTS) is 1. The van der Waals surface area contributed by atoms with E-state index in [9.17, 15) is 9.59 Å². The van der Waals surface area contributed by atoms with Crippen molar-refractivity contribution in [2.45, 2.75) is 58.6 Å². The first-order valence-electron chi connectivity index (χ1n) is 6.89. The van der Waals surface area contributed by atoms with Crippen LogP contribution in [0.5, 0.6) is 0 Å². The van der Waals surface area contributed by atoms with Gasteiger partial charge in [-0.25, -0.2) is 0 Å². The molecule has 0 heterocycles. The molecule has 0 aromatic rings. The number of aliphatic carboxylic acids is 1. The van der Waals surface area contributed by atoms with Gasteiger partial charge < -0.3 is 14.7 Å². The third kappa shape index (κ3) is 5.59. The number of rotatable bonds is 9. The molecule has 19 heavy (non-hydrogen) atoms. The van der Waals surface area contributed by atoms with Gasteiger partial charge >= 0.3 is 5.97 Å². The fourth-order valence-corrected chi connectivity index (χ4v) is 2.34. The molecular formula is C14H27NO4. The van der Waals surface area contributed by atoms with Gasteiger partial charge in [-0.2, -0.15) is 0 Å². The molecule has 1 amide bonds. The normalized spacial score (nSPS) is 15.6. The van der Waals surface area contributed by atoms with Crippen molar-refractivity contribution in [1.82, 2.24) is 4.90 Å². The zero-order chi connectivity index (χ0) is 15.0. The third-order valence-electron chi connectivity index (χ3n) is 3.71. The summed E-state index contributed by atoms with van der Waals surface area (Å²) in [5.41, 5.74) is 0. The van der Waals surface area contributed by atoms with Gasteiger partial charge in [-0.1, -0.05) is 27.2 Å². The topological polar surface area (TPSA) is 66.8 Å². The van der Waals surface area contributed by atoms with Crippen molar-refractivity contribution in [2.75, 3.05) is 14.2 Å². The Hall–Kier alpha value is -1.10. The Morgan fingerprint density at radius 1 is 1.21 bits per heavy atom. The molecule has 0 bridgehead atoms. The lowest BCUT2D eigenvalue weighted by Gasteiger charge is -2.37. The Morgan fingerprint density at radius 2 is 1.79 bits per heavy atom. The highest BCUT2D eigenvalue weighted by molar-refractivity contribution is 5.80. The van der Waals surface area contributed by atoms with Crippen LogP contribution in [0.4, 0.5) is 0 Å². The summed E-state index contributed by atoms with van der Waals surface area (Å²) in [4.78, 5) is 24.3. The predicted octanol–water partition coefficient (Wildman–Crippen LogP) is 2.15. The highest BCUT2D eigenvalue weighted by Gasteiger charge is 2.31. The molecule has 0 aliphatic carbocycles. The van der Waals surface area contributed by atoms with E-state index in [4.69, 9.17) is 9.84 Å². The molecular weight excluding hydrogens is 246 g/mol. The number of carbonyl (C=O) groups excluding carboxylic acids is 1. The second kappa shape index (κ2) is 8.91. The molecule has 1 N–H and O–H groups in total. The summed E-state index contributed by atoms with van der Waals surface area (Å²) in [6.45, 7) is 6.20. The lowest BCUT2D eigenvalue weighted by Crippen LogP contribution is -2.49. The van der Waals surface area contributed by atoms with Crippen LogP contribution >= 0.6 is 0 Å². The number of methoxy groups -OCH3 is 1. The van der Waals surface area contributed by atoms with E-state index in [1.165, 1.54) is 0 Å². The SMILES string of the molecule is CCC(C)C(C(CC)OC)N(C)C(=O)CCC(=O)O. The maximum absolute atomic E-state index is 12.1. The second-order valence-corrected chi connectivity index (χ2v) is 4.96. The van der Waals surface area contributed by atoms with Crippen LogP contribution in [0.2, 0.25) is 0 Å². The van der Waals surface area contributed by atoms with Crippen molar-refractivity contribution < 1.29 is 19.4 Å². The number of hydrogen-bond donors (Lipinski definition) is 1. The number of carboxylic acids is 1. The first-order valence-corrected chi connectivity index (χ1v) is 6.89. The molecule has 5 nitrogen and oxygen atoms in total. The second-order valence-electron chi connectivity index (χ2n) is 4.96. The highest BCUT2D eigenvalue weighted by Crippen LogP contribution is 2.21. The van der Waals surface area contributed by atoms with E-state index < -0.39 is 5.97 Å². The summed E-state index contributed by atoms with van der Waals surface area (Å²) >= 11 is 0. The maximum atomic E-state index is 12.1. The maximum Gasteiger partial charge on any atom is 0.303 e. The molecule has 3 atom stereocenters. The molecule has 0 aromatic heterocycles. The van der Waals surface area contributed by atoms with Crippen LogP contribution in [-0.4, -0.2) is 48.2 Å². The van der Waals surface area contributed by atoms with Gasteiger partial charge in [-0.15, -0.1) is 0 Å². The van der Waals surface area contributed by atoms with Gasteiger partial charge in [0.25, 0.3) is 0 Å². The Morgan fingerprint density at radius 3 is 2.16 bits per heavy atom. The van der Waals surface area contributed by atoms with Gasteiger partial charge in [0.1, 0.15) is 0 Å². The van der Waals surface area contributed by atoms with Crippen LogP contribution in [0.1, 0.15) is 46.5 Å². The van der Waals surface area contributed by atoms with E-state index in [0.29, 0.717) is 5.92 Å². The first-order chi connectivity index (χ1) is 8.88. The standard InChI is InChI=1S/C14H27NO4/c1-6-10(3)14(11(7-2)19-5)15(4)12(16)8-9-13(17)18/h10-11,14H,6-9H2,1-5H3,(H,17,18).